The molecule has 0 saturated heterocycles. The van der Waals surface area contributed by atoms with Crippen LogP contribution in [-0.4, -0.2) is 5.11 Å². The first-order chi connectivity index (χ1) is 8.90. The van der Waals surface area contributed by atoms with Crippen molar-refractivity contribution in [2.24, 2.45) is 0 Å². The second-order valence-corrected chi connectivity index (χ2v) is 4.89. The van der Waals surface area contributed by atoms with Crippen LogP contribution in [0.3, 0.4) is 0 Å². The lowest BCUT2D eigenvalue weighted by atomic mass is 9.94. The molecule has 1 unspecified atom stereocenters. The van der Waals surface area contributed by atoms with Crippen molar-refractivity contribution in [2.75, 3.05) is 0 Å². The highest BCUT2D eigenvalue weighted by Gasteiger charge is 2.18. The highest BCUT2D eigenvalue weighted by Crippen LogP contribution is 2.29. The molecule has 1 N–H and O–H groups in total. The van der Waals surface area contributed by atoms with E-state index in [2.05, 4.69) is 0 Å². The summed E-state index contributed by atoms with van der Waals surface area (Å²) in [5, 5.41) is 10.3. The summed E-state index contributed by atoms with van der Waals surface area (Å²) >= 11 is 0. The summed E-state index contributed by atoms with van der Waals surface area (Å²) in [4.78, 5) is 0. The molecule has 0 spiro atoms. The van der Waals surface area contributed by atoms with Gasteiger partial charge >= 0.3 is 0 Å². The fourth-order valence-electron chi connectivity index (χ4n) is 2.28. The molecule has 2 rings (SSSR count). The number of halogens is 2. The summed E-state index contributed by atoms with van der Waals surface area (Å²) in [7, 11) is 0. The molecule has 0 fully saturated rings. The fourth-order valence-corrected chi connectivity index (χ4v) is 2.28. The first kappa shape index (κ1) is 13.7. The van der Waals surface area contributed by atoms with Crippen molar-refractivity contribution in [3.05, 3.63) is 69.8 Å². The normalized spacial score (nSPS) is 12.5. The van der Waals surface area contributed by atoms with Crippen LogP contribution in [0.15, 0.2) is 30.3 Å². The molecule has 19 heavy (non-hydrogen) atoms. The third-order valence-electron chi connectivity index (χ3n) is 3.25. The zero-order valence-corrected chi connectivity index (χ0v) is 11.2. The average Bonchev–Trinajstić information content (AvgIpc) is 2.31. The summed E-state index contributed by atoms with van der Waals surface area (Å²) in [5.74, 6) is -0.774. The number of aliphatic hydroxyl groups is 1. The van der Waals surface area contributed by atoms with E-state index in [0.717, 1.165) is 5.56 Å². The Hall–Kier alpha value is -1.74. The van der Waals surface area contributed by atoms with Gasteiger partial charge in [-0.15, -0.1) is 0 Å². The Kier molecular flexibility index (Phi) is 3.67. The minimum absolute atomic E-state index is 0.247. The Bertz CT molecular complexity index is 597. The molecule has 100 valence electrons. The first-order valence-electron chi connectivity index (χ1n) is 6.11. The summed E-state index contributed by atoms with van der Waals surface area (Å²) in [6, 6.07) is 7.51. The van der Waals surface area contributed by atoms with Gasteiger partial charge in [0.2, 0.25) is 0 Å². The predicted octanol–water partition coefficient (Wildman–Crippen LogP) is 3.97. The van der Waals surface area contributed by atoms with E-state index >= 15 is 0 Å². The van der Waals surface area contributed by atoms with E-state index in [4.69, 9.17) is 0 Å². The SMILES string of the molecule is Cc1cc(C)c(C(O)c2ccc(F)c(C)c2)c(F)c1. The van der Waals surface area contributed by atoms with Crippen molar-refractivity contribution in [1.29, 1.82) is 0 Å². The molecule has 1 atom stereocenters. The molecule has 0 heterocycles. The minimum Gasteiger partial charge on any atom is -0.384 e. The molecule has 0 saturated carbocycles. The maximum absolute atomic E-state index is 14.0. The Morgan fingerprint density at radius 3 is 2.16 bits per heavy atom. The molecule has 2 aromatic carbocycles. The zero-order chi connectivity index (χ0) is 14.2. The monoisotopic (exact) mass is 262 g/mol. The van der Waals surface area contributed by atoms with Gasteiger partial charge in [-0.05, 0) is 55.2 Å². The van der Waals surface area contributed by atoms with Gasteiger partial charge in [-0.1, -0.05) is 18.2 Å². The van der Waals surface area contributed by atoms with Crippen LogP contribution in [0.5, 0.6) is 0 Å². The standard InChI is InChI=1S/C16H16F2O/c1-9-6-11(3)15(14(18)7-9)16(19)12-4-5-13(17)10(2)8-12/h4-8,16,19H,1-3H3. The fraction of sp³-hybridized carbons (Fsp3) is 0.250. The summed E-state index contributed by atoms with van der Waals surface area (Å²) < 4.78 is 27.2. The maximum atomic E-state index is 14.0. The van der Waals surface area contributed by atoms with Crippen LogP contribution in [-0.2, 0) is 0 Å². The summed E-state index contributed by atoms with van der Waals surface area (Å²) in [6.45, 7) is 5.17. The van der Waals surface area contributed by atoms with E-state index in [1.54, 1.807) is 26.8 Å². The topological polar surface area (TPSA) is 20.2 Å². The maximum Gasteiger partial charge on any atom is 0.129 e. The highest BCUT2D eigenvalue weighted by atomic mass is 19.1. The van der Waals surface area contributed by atoms with E-state index in [0.29, 0.717) is 16.7 Å². The van der Waals surface area contributed by atoms with Crippen LogP contribution in [0.25, 0.3) is 0 Å². The summed E-state index contributed by atoms with van der Waals surface area (Å²) in [6.07, 6.45) is -1.08. The van der Waals surface area contributed by atoms with Gasteiger partial charge < -0.3 is 5.11 Å². The molecule has 0 aromatic heterocycles. The van der Waals surface area contributed by atoms with Crippen molar-refractivity contribution in [2.45, 2.75) is 26.9 Å². The Balaban J connectivity index is 2.49. The van der Waals surface area contributed by atoms with Crippen molar-refractivity contribution >= 4 is 0 Å². The molecular formula is C16H16F2O. The molecule has 2 aromatic rings. The van der Waals surface area contributed by atoms with E-state index in [-0.39, 0.29) is 11.4 Å². The smallest absolute Gasteiger partial charge is 0.129 e. The molecular weight excluding hydrogens is 246 g/mol. The minimum atomic E-state index is -1.08. The molecule has 0 amide bonds. The second-order valence-electron chi connectivity index (χ2n) is 4.89. The Morgan fingerprint density at radius 2 is 1.58 bits per heavy atom. The van der Waals surface area contributed by atoms with Gasteiger partial charge in [0, 0.05) is 5.56 Å². The lowest BCUT2D eigenvalue weighted by Gasteiger charge is -2.16. The lowest BCUT2D eigenvalue weighted by Crippen LogP contribution is -2.06. The van der Waals surface area contributed by atoms with Gasteiger partial charge in [0.15, 0.2) is 0 Å². The van der Waals surface area contributed by atoms with Gasteiger partial charge in [-0.2, -0.15) is 0 Å². The zero-order valence-electron chi connectivity index (χ0n) is 11.2. The van der Waals surface area contributed by atoms with Crippen molar-refractivity contribution < 1.29 is 13.9 Å². The molecule has 0 bridgehead atoms. The predicted molar refractivity (Wildman–Crippen MR) is 71.1 cm³/mol. The van der Waals surface area contributed by atoms with Gasteiger partial charge in [-0.3, -0.25) is 0 Å². The number of aliphatic hydroxyl groups excluding tert-OH is 1. The van der Waals surface area contributed by atoms with Gasteiger partial charge in [0.05, 0.1) is 0 Å². The number of hydrogen-bond donors (Lipinski definition) is 1. The molecule has 3 heteroatoms. The summed E-state index contributed by atoms with van der Waals surface area (Å²) in [5.41, 5.74) is 2.66. The third kappa shape index (κ3) is 2.66. The quantitative estimate of drug-likeness (QED) is 0.868. The Morgan fingerprint density at radius 1 is 0.895 bits per heavy atom. The van der Waals surface area contributed by atoms with Gasteiger partial charge in [-0.25, -0.2) is 8.78 Å². The van der Waals surface area contributed by atoms with Gasteiger partial charge in [0.1, 0.15) is 17.7 Å². The number of rotatable bonds is 2. The van der Waals surface area contributed by atoms with E-state index in [1.165, 1.54) is 18.2 Å². The van der Waals surface area contributed by atoms with Gasteiger partial charge in [0.25, 0.3) is 0 Å². The van der Waals surface area contributed by atoms with Crippen LogP contribution < -0.4 is 0 Å². The Labute approximate surface area is 111 Å². The molecule has 0 aliphatic carbocycles. The van der Waals surface area contributed by atoms with Crippen molar-refractivity contribution in [1.82, 2.24) is 0 Å². The number of aryl methyl sites for hydroxylation is 3. The van der Waals surface area contributed by atoms with E-state index in [1.807, 2.05) is 6.07 Å². The first-order valence-corrected chi connectivity index (χ1v) is 6.11. The van der Waals surface area contributed by atoms with Crippen LogP contribution in [0, 0.1) is 32.4 Å². The van der Waals surface area contributed by atoms with Crippen LogP contribution >= 0.6 is 0 Å². The van der Waals surface area contributed by atoms with Crippen LogP contribution in [0.1, 0.15) is 33.9 Å². The largest absolute Gasteiger partial charge is 0.384 e. The van der Waals surface area contributed by atoms with E-state index in [9.17, 15) is 13.9 Å². The second kappa shape index (κ2) is 5.10. The number of benzene rings is 2. The van der Waals surface area contributed by atoms with Crippen molar-refractivity contribution in [3.8, 4) is 0 Å². The number of hydrogen-bond acceptors (Lipinski definition) is 1. The molecule has 0 aliphatic heterocycles. The lowest BCUT2D eigenvalue weighted by molar-refractivity contribution is 0.214. The highest BCUT2D eigenvalue weighted by molar-refractivity contribution is 5.39. The average molecular weight is 262 g/mol. The molecule has 0 aliphatic rings. The molecule has 0 radical (unpaired) electrons. The van der Waals surface area contributed by atoms with Crippen LogP contribution in [0.4, 0.5) is 8.78 Å². The third-order valence-corrected chi connectivity index (χ3v) is 3.25. The van der Waals surface area contributed by atoms with Crippen molar-refractivity contribution in [3.63, 3.8) is 0 Å². The molecule has 1 nitrogen and oxygen atoms in total. The van der Waals surface area contributed by atoms with E-state index < -0.39 is 11.9 Å². The van der Waals surface area contributed by atoms with Crippen LogP contribution in [0.2, 0.25) is 0 Å².